The first-order chi connectivity index (χ1) is 13.9. The van der Waals surface area contributed by atoms with Gasteiger partial charge in [0.05, 0.1) is 26.2 Å². The Morgan fingerprint density at radius 2 is 1.90 bits per heavy atom. The molecule has 1 amide bonds. The number of piperidine rings is 1. The summed E-state index contributed by atoms with van der Waals surface area (Å²) in [6.07, 6.45) is 1.79. The van der Waals surface area contributed by atoms with Crippen molar-refractivity contribution in [3.8, 4) is 11.5 Å². The predicted octanol–water partition coefficient (Wildman–Crippen LogP) is 3.20. The maximum absolute atomic E-state index is 13.0. The number of rotatable bonds is 6. The first-order valence-corrected chi connectivity index (χ1v) is 10.0. The lowest BCUT2D eigenvalue weighted by Gasteiger charge is -2.33. The predicted molar refractivity (Wildman–Crippen MR) is 113 cm³/mol. The van der Waals surface area contributed by atoms with Crippen LogP contribution in [0.4, 0.5) is 5.95 Å². The minimum atomic E-state index is -0.194. The van der Waals surface area contributed by atoms with Crippen molar-refractivity contribution in [2.24, 2.45) is 5.92 Å². The standard InChI is InChI=1S/C22H30N4O3/c1-14-11-15(2)24-22(23-14)26-10-6-7-17(13-26)21(27)25-16(3)19-12-18(28-4)8-9-20(19)29-5/h8-9,11-12,16-17H,6-7,10,13H2,1-5H3,(H,25,27). The number of aromatic nitrogens is 2. The Morgan fingerprint density at radius 1 is 1.17 bits per heavy atom. The van der Waals surface area contributed by atoms with Crippen LogP contribution in [0.15, 0.2) is 24.3 Å². The molecule has 0 radical (unpaired) electrons. The van der Waals surface area contributed by atoms with Gasteiger partial charge in [-0.15, -0.1) is 0 Å². The van der Waals surface area contributed by atoms with Crippen molar-refractivity contribution in [1.82, 2.24) is 15.3 Å². The van der Waals surface area contributed by atoms with Gasteiger partial charge >= 0.3 is 0 Å². The van der Waals surface area contributed by atoms with E-state index in [2.05, 4.69) is 20.2 Å². The van der Waals surface area contributed by atoms with Crippen molar-refractivity contribution in [2.75, 3.05) is 32.2 Å². The summed E-state index contributed by atoms with van der Waals surface area (Å²) in [6, 6.07) is 7.37. The summed E-state index contributed by atoms with van der Waals surface area (Å²) in [5, 5.41) is 3.14. The molecule has 29 heavy (non-hydrogen) atoms. The average molecular weight is 399 g/mol. The number of carbonyl (C=O) groups is 1. The van der Waals surface area contributed by atoms with Crippen molar-refractivity contribution >= 4 is 11.9 Å². The van der Waals surface area contributed by atoms with Crippen LogP contribution >= 0.6 is 0 Å². The summed E-state index contributed by atoms with van der Waals surface area (Å²) in [5.74, 6) is 2.11. The van der Waals surface area contributed by atoms with Crippen LogP contribution in [0, 0.1) is 19.8 Å². The smallest absolute Gasteiger partial charge is 0.225 e. The maximum Gasteiger partial charge on any atom is 0.225 e. The van der Waals surface area contributed by atoms with E-state index in [4.69, 9.17) is 9.47 Å². The number of nitrogens with one attached hydrogen (secondary N) is 1. The van der Waals surface area contributed by atoms with Crippen LogP contribution in [0.1, 0.15) is 42.8 Å². The highest BCUT2D eigenvalue weighted by Crippen LogP contribution is 2.30. The molecule has 0 bridgehead atoms. The van der Waals surface area contributed by atoms with Crippen LogP contribution in [0.25, 0.3) is 0 Å². The molecular formula is C22H30N4O3. The molecule has 0 aliphatic carbocycles. The van der Waals surface area contributed by atoms with E-state index in [0.29, 0.717) is 12.5 Å². The van der Waals surface area contributed by atoms with E-state index in [1.54, 1.807) is 14.2 Å². The van der Waals surface area contributed by atoms with Gasteiger partial charge in [0, 0.05) is 30.0 Å². The Kier molecular flexibility index (Phi) is 6.56. The Hall–Kier alpha value is -2.83. The van der Waals surface area contributed by atoms with Gasteiger partial charge in [-0.1, -0.05) is 0 Å². The summed E-state index contributed by atoms with van der Waals surface area (Å²) in [7, 11) is 3.25. The molecule has 3 rings (SSSR count). The van der Waals surface area contributed by atoms with Gasteiger partial charge in [0.25, 0.3) is 0 Å². The largest absolute Gasteiger partial charge is 0.497 e. The summed E-state index contributed by atoms with van der Waals surface area (Å²) in [4.78, 5) is 24.2. The highest BCUT2D eigenvalue weighted by molar-refractivity contribution is 5.80. The zero-order valence-corrected chi connectivity index (χ0v) is 17.9. The van der Waals surface area contributed by atoms with Gasteiger partial charge < -0.3 is 19.7 Å². The molecular weight excluding hydrogens is 368 g/mol. The lowest BCUT2D eigenvalue weighted by Crippen LogP contribution is -2.44. The average Bonchev–Trinajstić information content (AvgIpc) is 2.72. The topological polar surface area (TPSA) is 76.6 Å². The molecule has 0 saturated carbocycles. The summed E-state index contributed by atoms with van der Waals surface area (Å²) < 4.78 is 10.8. The molecule has 1 fully saturated rings. The SMILES string of the molecule is COc1ccc(OC)c(C(C)NC(=O)C2CCCN(c3nc(C)cc(C)n3)C2)c1. The molecule has 7 heteroatoms. The van der Waals surface area contributed by atoms with Gasteiger partial charge in [-0.2, -0.15) is 0 Å². The molecule has 0 spiro atoms. The van der Waals surface area contributed by atoms with Gasteiger partial charge in [0.2, 0.25) is 11.9 Å². The number of anilines is 1. The second-order valence-corrected chi connectivity index (χ2v) is 7.57. The van der Waals surface area contributed by atoms with E-state index in [1.165, 1.54) is 0 Å². The van der Waals surface area contributed by atoms with Crippen molar-refractivity contribution in [3.63, 3.8) is 0 Å². The summed E-state index contributed by atoms with van der Waals surface area (Å²) in [5.41, 5.74) is 2.78. The van der Waals surface area contributed by atoms with E-state index in [1.807, 2.05) is 45.0 Å². The van der Waals surface area contributed by atoms with Crippen molar-refractivity contribution in [1.29, 1.82) is 0 Å². The number of nitrogens with zero attached hydrogens (tertiary/aromatic N) is 3. The third-order valence-corrected chi connectivity index (χ3v) is 5.31. The molecule has 2 aromatic rings. The van der Waals surface area contributed by atoms with Gasteiger partial charge in [0.1, 0.15) is 11.5 Å². The lowest BCUT2D eigenvalue weighted by molar-refractivity contribution is -0.125. The fraction of sp³-hybridized carbons (Fsp3) is 0.500. The Bertz CT molecular complexity index is 851. The molecule has 1 aromatic heterocycles. The normalized spacial score (nSPS) is 17.6. The maximum atomic E-state index is 13.0. The number of hydrogen-bond acceptors (Lipinski definition) is 6. The van der Waals surface area contributed by atoms with Gasteiger partial charge in [0.15, 0.2) is 0 Å². The fourth-order valence-electron chi connectivity index (χ4n) is 3.81. The van der Waals surface area contributed by atoms with Gasteiger partial charge in [-0.05, 0) is 57.9 Å². The summed E-state index contributed by atoms with van der Waals surface area (Å²) in [6.45, 7) is 7.39. The van der Waals surface area contributed by atoms with Crippen molar-refractivity contribution in [3.05, 3.63) is 41.2 Å². The van der Waals surface area contributed by atoms with Crippen LogP contribution in [0.3, 0.4) is 0 Å². The van der Waals surface area contributed by atoms with Gasteiger partial charge in [-0.3, -0.25) is 4.79 Å². The number of methoxy groups -OCH3 is 2. The van der Waals surface area contributed by atoms with Crippen LogP contribution in [0.5, 0.6) is 11.5 Å². The fourth-order valence-corrected chi connectivity index (χ4v) is 3.81. The first-order valence-electron chi connectivity index (χ1n) is 10.0. The highest BCUT2D eigenvalue weighted by Gasteiger charge is 2.28. The number of benzene rings is 1. The van der Waals surface area contributed by atoms with E-state index in [-0.39, 0.29) is 17.9 Å². The molecule has 1 aliphatic rings. The molecule has 2 atom stereocenters. The van der Waals surface area contributed by atoms with E-state index >= 15 is 0 Å². The molecule has 2 heterocycles. The van der Waals surface area contributed by atoms with Gasteiger partial charge in [-0.25, -0.2) is 9.97 Å². The third-order valence-electron chi connectivity index (χ3n) is 5.31. The molecule has 1 aromatic carbocycles. The van der Waals surface area contributed by atoms with Crippen LogP contribution in [-0.4, -0.2) is 43.2 Å². The number of amides is 1. The van der Waals surface area contributed by atoms with Crippen LogP contribution in [-0.2, 0) is 4.79 Å². The number of carbonyl (C=O) groups excluding carboxylic acids is 1. The number of ether oxygens (including phenoxy) is 2. The number of aryl methyl sites for hydroxylation is 2. The molecule has 1 saturated heterocycles. The van der Waals surface area contributed by atoms with Crippen LogP contribution < -0.4 is 19.7 Å². The molecule has 7 nitrogen and oxygen atoms in total. The van der Waals surface area contributed by atoms with Crippen molar-refractivity contribution < 1.29 is 14.3 Å². The monoisotopic (exact) mass is 398 g/mol. The zero-order chi connectivity index (χ0) is 21.0. The van der Waals surface area contributed by atoms with Crippen LogP contribution in [0.2, 0.25) is 0 Å². The Morgan fingerprint density at radius 3 is 2.55 bits per heavy atom. The molecule has 156 valence electrons. The molecule has 2 unspecified atom stereocenters. The quantitative estimate of drug-likeness (QED) is 0.805. The second kappa shape index (κ2) is 9.11. The van der Waals surface area contributed by atoms with Crippen molar-refractivity contribution in [2.45, 2.75) is 39.7 Å². The highest BCUT2D eigenvalue weighted by atomic mass is 16.5. The lowest BCUT2D eigenvalue weighted by atomic mass is 9.96. The second-order valence-electron chi connectivity index (χ2n) is 7.57. The van der Waals surface area contributed by atoms with E-state index in [9.17, 15) is 4.79 Å². The Balaban J connectivity index is 1.70. The molecule has 1 N–H and O–H groups in total. The third kappa shape index (κ3) is 4.96. The zero-order valence-electron chi connectivity index (χ0n) is 17.9. The summed E-state index contributed by atoms with van der Waals surface area (Å²) >= 11 is 0. The molecule has 1 aliphatic heterocycles. The minimum absolute atomic E-state index is 0.0384. The van der Waals surface area contributed by atoms with E-state index in [0.717, 1.165) is 47.8 Å². The minimum Gasteiger partial charge on any atom is -0.497 e. The Labute approximate surface area is 172 Å². The van der Waals surface area contributed by atoms with E-state index < -0.39 is 0 Å². The number of hydrogen-bond donors (Lipinski definition) is 1. The first kappa shape index (κ1) is 20.9.